The van der Waals surface area contributed by atoms with Crippen LogP contribution in [-0.2, 0) is 0 Å². The van der Waals surface area contributed by atoms with Crippen LogP contribution in [0.2, 0.25) is 0 Å². The second kappa shape index (κ2) is 7.11. The number of aliphatic hydroxyl groups is 1. The summed E-state index contributed by atoms with van der Waals surface area (Å²) in [7, 11) is 0. The highest BCUT2D eigenvalue weighted by Crippen LogP contribution is 2.27. The Morgan fingerprint density at radius 3 is 2.80 bits per heavy atom. The van der Waals surface area contributed by atoms with Crippen LogP contribution in [-0.4, -0.2) is 36.2 Å². The van der Waals surface area contributed by atoms with Gasteiger partial charge in [-0.1, -0.05) is 12.1 Å². The highest BCUT2D eigenvalue weighted by molar-refractivity contribution is 5.96. The van der Waals surface area contributed by atoms with E-state index >= 15 is 0 Å². The molecule has 0 unspecified atom stereocenters. The normalized spacial score (nSPS) is 14.8. The van der Waals surface area contributed by atoms with Gasteiger partial charge in [-0.15, -0.1) is 0 Å². The first-order valence-corrected chi connectivity index (χ1v) is 10.1. The topological polar surface area (TPSA) is 84.5 Å². The molecule has 5 rings (SSSR count). The number of pyridine rings is 1. The molecule has 1 aromatic carbocycles. The number of carbonyl (C=O) groups is 1. The van der Waals surface area contributed by atoms with Crippen molar-refractivity contribution in [2.75, 3.05) is 0 Å². The van der Waals surface area contributed by atoms with Gasteiger partial charge in [0.1, 0.15) is 5.65 Å². The van der Waals surface area contributed by atoms with Gasteiger partial charge in [0.15, 0.2) is 5.82 Å². The van der Waals surface area contributed by atoms with Crippen molar-refractivity contribution in [3.63, 3.8) is 0 Å². The van der Waals surface area contributed by atoms with Gasteiger partial charge in [-0.2, -0.15) is 5.10 Å². The summed E-state index contributed by atoms with van der Waals surface area (Å²) in [6, 6.07) is 9.83. The molecule has 1 atom stereocenters. The summed E-state index contributed by atoms with van der Waals surface area (Å²) in [6.07, 6.45) is 8.92. The van der Waals surface area contributed by atoms with Gasteiger partial charge < -0.3 is 10.4 Å². The fourth-order valence-corrected chi connectivity index (χ4v) is 3.56. The molecule has 1 aliphatic rings. The summed E-state index contributed by atoms with van der Waals surface area (Å²) in [4.78, 5) is 16.9. The van der Waals surface area contributed by atoms with Crippen LogP contribution >= 0.6 is 0 Å². The number of hydrogen-bond acceptors (Lipinski definition) is 4. The molecule has 0 saturated heterocycles. The predicted molar refractivity (Wildman–Crippen MR) is 114 cm³/mol. The summed E-state index contributed by atoms with van der Waals surface area (Å²) >= 11 is 0. The van der Waals surface area contributed by atoms with E-state index in [0.717, 1.165) is 46.6 Å². The average Bonchev–Trinajstić information content (AvgIpc) is 3.25. The summed E-state index contributed by atoms with van der Waals surface area (Å²) in [5, 5.41) is 17.5. The quantitative estimate of drug-likeness (QED) is 0.537. The molecule has 0 bridgehead atoms. The van der Waals surface area contributed by atoms with E-state index in [-0.39, 0.29) is 5.91 Å². The van der Waals surface area contributed by atoms with Crippen molar-refractivity contribution in [2.45, 2.75) is 38.8 Å². The third-order valence-electron chi connectivity index (χ3n) is 5.53. The number of aromatic nitrogens is 4. The van der Waals surface area contributed by atoms with Gasteiger partial charge in [-0.3, -0.25) is 9.20 Å². The standard InChI is InChI=1S/C23H23N5O2/c1-14-3-4-16(23(30)26-19-6-7-19)9-20(14)18-10-25-28(13-18)22-11-24-21-8-5-17(15(2)29)12-27(21)22/h3-5,8-13,15,19,29H,6-7H2,1-2H3,(H,26,30)/t15-/m0/s1. The third-order valence-corrected chi connectivity index (χ3v) is 5.53. The van der Waals surface area contributed by atoms with Crippen molar-refractivity contribution in [2.24, 2.45) is 0 Å². The lowest BCUT2D eigenvalue weighted by Gasteiger charge is -2.08. The molecule has 0 spiro atoms. The van der Waals surface area contributed by atoms with E-state index in [1.54, 1.807) is 24.0 Å². The summed E-state index contributed by atoms with van der Waals surface area (Å²) in [5.41, 5.74) is 5.22. The number of aryl methyl sites for hydroxylation is 1. The molecule has 0 aliphatic heterocycles. The Balaban J connectivity index is 1.51. The number of fused-ring (bicyclic) bond motifs is 1. The van der Waals surface area contributed by atoms with Crippen LogP contribution in [0.25, 0.3) is 22.6 Å². The zero-order valence-corrected chi connectivity index (χ0v) is 16.9. The Bertz CT molecular complexity index is 1250. The summed E-state index contributed by atoms with van der Waals surface area (Å²) < 4.78 is 3.67. The first-order valence-electron chi connectivity index (χ1n) is 10.1. The molecule has 1 amide bonds. The fraction of sp³-hybridized carbons (Fsp3) is 0.261. The monoisotopic (exact) mass is 401 g/mol. The zero-order valence-electron chi connectivity index (χ0n) is 16.9. The molecule has 3 heterocycles. The van der Waals surface area contributed by atoms with Crippen LogP contribution in [0.3, 0.4) is 0 Å². The van der Waals surface area contributed by atoms with Crippen LogP contribution in [0.4, 0.5) is 0 Å². The minimum atomic E-state index is -0.565. The Morgan fingerprint density at radius 1 is 1.20 bits per heavy atom. The molecule has 1 aliphatic carbocycles. The van der Waals surface area contributed by atoms with Crippen molar-refractivity contribution in [1.82, 2.24) is 24.5 Å². The number of hydrogen-bond donors (Lipinski definition) is 2. The molecule has 2 N–H and O–H groups in total. The average molecular weight is 401 g/mol. The molecule has 7 heteroatoms. The van der Waals surface area contributed by atoms with Crippen LogP contribution in [0, 0.1) is 6.92 Å². The first-order chi connectivity index (χ1) is 14.5. The number of benzene rings is 1. The Kier molecular flexibility index (Phi) is 4.40. The molecule has 4 aromatic rings. The lowest BCUT2D eigenvalue weighted by atomic mass is 10.0. The van der Waals surface area contributed by atoms with Gasteiger partial charge in [-0.05, 0) is 61.6 Å². The van der Waals surface area contributed by atoms with E-state index in [4.69, 9.17) is 0 Å². The van der Waals surface area contributed by atoms with Crippen molar-refractivity contribution in [3.05, 3.63) is 71.8 Å². The second-order valence-electron chi connectivity index (χ2n) is 7.93. The number of nitrogens with one attached hydrogen (secondary N) is 1. The maximum atomic E-state index is 12.5. The summed E-state index contributed by atoms with van der Waals surface area (Å²) in [6.45, 7) is 3.76. The predicted octanol–water partition coefficient (Wildman–Crippen LogP) is 3.44. The molecule has 1 saturated carbocycles. The Labute approximate surface area is 174 Å². The van der Waals surface area contributed by atoms with Crippen LogP contribution in [0.15, 0.2) is 55.1 Å². The van der Waals surface area contributed by atoms with Crippen LogP contribution in [0.5, 0.6) is 0 Å². The molecule has 7 nitrogen and oxygen atoms in total. The SMILES string of the molecule is Cc1ccc(C(=O)NC2CC2)cc1-c1cnn(-c2cnc3ccc([C@H](C)O)cn23)c1. The van der Waals surface area contributed by atoms with Crippen molar-refractivity contribution in [3.8, 4) is 16.9 Å². The molecule has 152 valence electrons. The van der Waals surface area contributed by atoms with Gasteiger partial charge in [0, 0.05) is 29.6 Å². The van der Waals surface area contributed by atoms with Crippen LogP contribution in [0.1, 0.15) is 47.4 Å². The van der Waals surface area contributed by atoms with Gasteiger partial charge >= 0.3 is 0 Å². The lowest BCUT2D eigenvalue weighted by molar-refractivity contribution is 0.0951. The van der Waals surface area contributed by atoms with E-state index in [1.165, 1.54) is 0 Å². The van der Waals surface area contributed by atoms with Gasteiger partial charge in [-0.25, -0.2) is 9.67 Å². The third kappa shape index (κ3) is 3.37. The maximum absolute atomic E-state index is 12.5. The molecule has 0 radical (unpaired) electrons. The van der Waals surface area contributed by atoms with Gasteiger partial charge in [0.05, 0.1) is 18.5 Å². The van der Waals surface area contributed by atoms with Crippen LogP contribution < -0.4 is 5.32 Å². The molecule has 30 heavy (non-hydrogen) atoms. The number of rotatable bonds is 5. The van der Waals surface area contributed by atoms with Gasteiger partial charge in [0.25, 0.3) is 5.91 Å². The minimum absolute atomic E-state index is 0.0291. The molecule has 1 fully saturated rings. The molecular formula is C23H23N5O2. The van der Waals surface area contributed by atoms with E-state index in [1.807, 2.05) is 54.0 Å². The van der Waals surface area contributed by atoms with E-state index < -0.39 is 6.10 Å². The van der Waals surface area contributed by atoms with Crippen molar-refractivity contribution < 1.29 is 9.90 Å². The number of aliphatic hydroxyl groups excluding tert-OH is 1. The van der Waals surface area contributed by atoms with E-state index in [2.05, 4.69) is 15.4 Å². The minimum Gasteiger partial charge on any atom is -0.389 e. The zero-order chi connectivity index (χ0) is 20.8. The first kappa shape index (κ1) is 18.6. The van der Waals surface area contributed by atoms with Gasteiger partial charge in [0.2, 0.25) is 0 Å². The second-order valence-corrected chi connectivity index (χ2v) is 7.93. The smallest absolute Gasteiger partial charge is 0.251 e. The lowest BCUT2D eigenvalue weighted by Crippen LogP contribution is -2.25. The van der Waals surface area contributed by atoms with E-state index in [0.29, 0.717) is 11.6 Å². The molecule has 3 aromatic heterocycles. The Hall–Kier alpha value is -3.45. The van der Waals surface area contributed by atoms with Crippen molar-refractivity contribution >= 4 is 11.6 Å². The number of amides is 1. The number of imidazole rings is 1. The fourth-order valence-electron chi connectivity index (χ4n) is 3.56. The van der Waals surface area contributed by atoms with Crippen molar-refractivity contribution in [1.29, 1.82) is 0 Å². The Morgan fingerprint density at radius 2 is 2.03 bits per heavy atom. The maximum Gasteiger partial charge on any atom is 0.251 e. The number of nitrogens with zero attached hydrogens (tertiary/aromatic N) is 4. The summed E-state index contributed by atoms with van der Waals surface area (Å²) in [5.74, 6) is 0.748. The largest absolute Gasteiger partial charge is 0.389 e. The number of carbonyl (C=O) groups excluding carboxylic acids is 1. The highest BCUT2D eigenvalue weighted by Gasteiger charge is 2.24. The molecular weight excluding hydrogens is 378 g/mol. The highest BCUT2D eigenvalue weighted by atomic mass is 16.3. The van der Waals surface area contributed by atoms with E-state index in [9.17, 15) is 9.90 Å².